The van der Waals surface area contributed by atoms with E-state index < -0.39 is 0 Å². The third-order valence-corrected chi connectivity index (χ3v) is 5.30. The Morgan fingerprint density at radius 2 is 1.87 bits per heavy atom. The largest absolute Gasteiger partial charge is 0.379 e. The molecule has 2 N–H and O–H groups in total. The highest BCUT2D eigenvalue weighted by Gasteiger charge is 2.14. The predicted octanol–water partition coefficient (Wildman–Crippen LogP) is 3.50. The summed E-state index contributed by atoms with van der Waals surface area (Å²) in [5.41, 5.74) is 4.71. The Kier molecular flexibility index (Phi) is 11.3. The summed E-state index contributed by atoms with van der Waals surface area (Å²) in [5, 5.41) is 11.0. The van der Waals surface area contributed by atoms with Crippen LogP contribution in [0.25, 0.3) is 0 Å². The van der Waals surface area contributed by atoms with Crippen molar-refractivity contribution in [1.29, 1.82) is 0 Å². The molecule has 0 saturated carbocycles. The number of aliphatic imine (C=N–C) groups is 1. The van der Waals surface area contributed by atoms with Gasteiger partial charge in [-0.25, -0.2) is 4.99 Å². The Bertz CT molecular complexity index is 797. The zero-order chi connectivity index (χ0) is 21.2. The molecule has 0 amide bonds. The minimum Gasteiger partial charge on any atom is -0.379 e. The molecule has 1 fully saturated rings. The highest BCUT2D eigenvalue weighted by molar-refractivity contribution is 14.0. The first-order chi connectivity index (χ1) is 14.7. The highest BCUT2D eigenvalue weighted by Crippen LogP contribution is 2.15. The van der Waals surface area contributed by atoms with Gasteiger partial charge in [-0.1, -0.05) is 43.3 Å². The second-order valence-corrected chi connectivity index (χ2v) is 7.50. The van der Waals surface area contributed by atoms with Gasteiger partial charge in [-0.05, 0) is 24.5 Å². The standard InChI is InChI=1S/C23H35N5O2.HI/c1-4-21-20(22(5-2)30-27-21)16-26-23(24-6-3)25-15-18-8-7-9-19(14-18)17-28-10-12-29-13-11-28;/h7-9,14H,4-6,10-13,15-17H2,1-3H3,(H2,24,25,26);1H. The molecule has 0 atom stereocenters. The predicted molar refractivity (Wildman–Crippen MR) is 135 cm³/mol. The van der Waals surface area contributed by atoms with E-state index in [1.807, 2.05) is 0 Å². The SMILES string of the molecule is CCNC(=NCc1cccc(CN2CCOCC2)c1)NCc1c(CC)noc1CC.I. The number of guanidine groups is 1. The summed E-state index contributed by atoms with van der Waals surface area (Å²) in [4.78, 5) is 7.23. The minimum atomic E-state index is 0. The molecule has 2 heterocycles. The van der Waals surface area contributed by atoms with E-state index in [1.165, 1.54) is 11.1 Å². The van der Waals surface area contributed by atoms with Gasteiger partial charge in [0.25, 0.3) is 0 Å². The average Bonchev–Trinajstić information content (AvgIpc) is 3.18. The average molecular weight is 541 g/mol. The molecule has 1 aliphatic rings. The maximum Gasteiger partial charge on any atom is 0.191 e. The molecule has 7 nitrogen and oxygen atoms in total. The number of hydrogen-bond donors (Lipinski definition) is 2. The topological polar surface area (TPSA) is 74.9 Å². The van der Waals surface area contributed by atoms with Crippen molar-refractivity contribution in [3.8, 4) is 0 Å². The number of nitrogens with zero attached hydrogens (tertiary/aromatic N) is 3. The molecule has 31 heavy (non-hydrogen) atoms. The van der Waals surface area contributed by atoms with E-state index in [2.05, 4.69) is 65.7 Å². The van der Waals surface area contributed by atoms with Crippen molar-refractivity contribution < 1.29 is 9.26 Å². The van der Waals surface area contributed by atoms with Gasteiger partial charge in [-0.2, -0.15) is 0 Å². The lowest BCUT2D eigenvalue weighted by atomic mass is 10.1. The summed E-state index contributed by atoms with van der Waals surface area (Å²) >= 11 is 0. The van der Waals surface area contributed by atoms with Gasteiger partial charge in [0.15, 0.2) is 5.96 Å². The summed E-state index contributed by atoms with van der Waals surface area (Å²) in [6.45, 7) is 13.0. The van der Waals surface area contributed by atoms with Crippen LogP contribution >= 0.6 is 24.0 Å². The van der Waals surface area contributed by atoms with Crippen LogP contribution in [0.3, 0.4) is 0 Å². The van der Waals surface area contributed by atoms with Crippen molar-refractivity contribution in [2.75, 3.05) is 32.8 Å². The maximum atomic E-state index is 5.47. The third-order valence-electron chi connectivity index (χ3n) is 5.30. The highest BCUT2D eigenvalue weighted by atomic mass is 127. The smallest absolute Gasteiger partial charge is 0.191 e. The quantitative estimate of drug-likeness (QED) is 0.288. The first-order valence-electron chi connectivity index (χ1n) is 11.1. The van der Waals surface area contributed by atoms with E-state index in [1.54, 1.807) is 0 Å². The molecule has 0 unspecified atom stereocenters. The van der Waals surface area contributed by atoms with Crippen LogP contribution in [0.15, 0.2) is 33.8 Å². The first kappa shape index (κ1) is 25.6. The lowest BCUT2D eigenvalue weighted by molar-refractivity contribution is 0.0342. The fraction of sp³-hybridized carbons (Fsp3) is 0.565. The number of morpholine rings is 1. The van der Waals surface area contributed by atoms with Crippen molar-refractivity contribution in [1.82, 2.24) is 20.7 Å². The molecule has 1 saturated heterocycles. The van der Waals surface area contributed by atoms with Gasteiger partial charge in [0.05, 0.1) is 25.5 Å². The summed E-state index contributed by atoms with van der Waals surface area (Å²) in [6.07, 6.45) is 1.71. The van der Waals surface area contributed by atoms with Crippen LogP contribution in [0.1, 0.15) is 48.9 Å². The van der Waals surface area contributed by atoms with Crippen LogP contribution in [0.5, 0.6) is 0 Å². The fourth-order valence-electron chi connectivity index (χ4n) is 3.67. The van der Waals surface area contributed by atoms with Crippen molar-refractivity contribution >= 4 is 29.9 Å². The number of hydrogen-bond acceptors (Lipinski definition) is 5. The van der Waals surface area contributed by atoms with E-state index in [0.717, 1.165) is 75.2 Å². The Morgan fingerprint density at radius 3 is 2.58 bits per heavy atom. The van der Waals surface area contributed by atoms with E-state index in [0.29, 0.717) is 13.1 Å². The zero-order valence-electron chi connectivity index (χ0n) is 18.9. The monoisotopic (exact) mass is 541 g/mol. The van der Waals surface area contributed by atoms with Crippen LogP contribution in [-0.4, -0.2) is 48.9 Å². The molecule has 1 aromatic carbocycles. The van der Waals surface area contributed by atoms with E-state index >= 15 is 0 Å². The summed E-state index contributed by atoms with van der Waals surface area (Å²) in [6, 6.07) is 8.71. The molecular formula is C23H36IN5O2. The molecular weight excluding hydrogens is 505 g/mol. The van der Waals surface area contributed by atoms with Gasteiger partial charge in [-0.3, -0.25) is 4.90 Å². The van der Waals surface area contributed by atoms with Crippen molar-refractivity contribution in [2.24, 2.45) is 4.99 Å². The number of benzene rings is 1. The number of ether oxygens (including phenoxy) is 1. The van der Waals surface area contributed by atoms with Gasteiger partial charge >= 0.3 is 0 Å². The van der Waals surface area contributed by atoms with E-state index in [4.69, 9.17) is 14.3 Å². The number of halogens is 1. The van der Waals surface area contributed by atoms with Crippen LogP contribution in [0, 0.1) is 0 Å². The number of aromatic nitrogens is 1. The van der Waals surface area contributed by atoms with Gasteiger partial charge in [-0.15, -0.1) is 24.0 Å². The summed E-state index contributed by atoms with van der Waals surface area (Å²) in [5.74, 6) is 1.76. The van der Waals surface area contributed by atoms with Crippen LogP contribution in [0.4, 0.5) is 0 Å². The Balaban J connectivity index is 0.00000341. The van der Waals surface area contributed by atoms with Crippen LogP contribution in [0.2, 0.25) is 0 Å². The molecule has 8 heteroatoms. The third kappa shape index (κ3) is 7.76. The van der Waals surface area contributed by atoms with E-state index in [9.17, 15) is 0 Å². The van der Waals surface area contributed by atoms with Crippen molar-refractivity contribution in [2.45, 2.75) is 53.2 Å². The van der Waals surface area contributed by atoms with Gasteiger partial charge in [0.1, 0.15) is 5.76 Å². The van der Waals surface area contributed by atoms with E-state index in [-0.39, 0.29) is 24.0 Å². The minimum absolute atomic E-state index is 0. The Hall–Kier alpha value is -1.65. The first-order valence-corrected chi connectivity index (χ1v) is 11.1. The Labute approximate surface area is 203 Å². The van der Waals surface area contributed by atoms with Crippen LogP contribution in [-0.2, 0) is 37.2 Å². The number of aryl methyl sites for hydroxylation is 2. The lowest BCUT2D eigenvalue weighted by Crippen LogP contribution is -2.37. The summed E-state index contributed by atoms with van der Waals surface area (Å²) < 4.78 is 10.9. The second kappa shape index (κ2) is 13.7. The zero-order valence-corrected chi connectivity index (χ0v) is 21.3. The van der Waals surface area contributed by atoms with Gasteiger partial charge < -0.3 is 19.9 Å². The summed E-state index contributed by atoms with van der Waals surface area (Å²) in [7, 11) is 0. The molecule has 0 spiro atoms. The van der Waals surface area contributed by atoms with Gasteiger partial charge in [0, 0.05) is 44.7 Å². The fourth-order valence-corrected chi connectivity index (χ4v) is 3.67. The molecule has 172 valence electrons. The Morgan fingerprint density at radius 1 is 1.10 bits per heavy atom. The molecule has 0 bridgehead atoms. The normalized spacial score (nSPS) is 14.9. The molecule has 1 aliphatic heterocycles. The number of nitrogens with one attached hydrogen (secondary N) is 2. The van der Waals surface area contributed by atoms with Crippen molar-refractivity contribution in [3.63, 3.8) is 0 Å². The molecule has 0 radical (unpaired) electrons. The van der Waals surface area contributed by atoms with Crippen molar-refractivity contribution in [3.05, 3.63) is 52.4 Å². The van der Waals surface area contributed by atoms with Gasteiger partial charge in [0.2, 0.25) is 0 Å². The second-order valence-electron chi connectivity index (χ2n) is 7.50. The molecule has 3 rings (SSSR count). The molecule has 2 aromatic rings. The maximum absolute atomic E-state index is 5.47. The molecule has 0 aliphatic carbocycles. The molecule has 1 aromatic heterocycles. The number of rotatable bonds is 9. The lowest BCUT2D eigenvalue weighted by Gasteiger charge is -2.26. The van der Waals surface area contributed by atoms with Crippen LogP contribution < -0.4 is 10.6 Å².